The van der Waals surface area contributed by atoms with Crippen LogP contribution < -0.4 is 11.1 Å². The SMILES string of the molecule is NC(=O)c1ccccc1/C=N/c1cccc(/N=C2\NC(=O)c3ccccc32)c1. The molecule has 3 aromatic rings. The lowest BCUT2D eigenvalue weighted by molar-refractivity contribution is 0.0980. The van der Waals surface area contributed by atoms with E-state index in [1.54, 1.807) is 36.5 Å². The Balaban J connectivity index is 1.63. The van der Waals surface area contributed by atoms with Crippen molar-refractivity contribution in [3.8, 4) is 0 Å². The first-order chi connectivity index (χ1) is 13.6. The first-order valence-corrected chi connectivity index (χ1v) is 8.64. The van der Waals surface area contributed by atoms with Crippen molar-refractivity contribution < 1.29 is 9.59 Å². The van der Waals surface area contributed by atoms with Gasteiger partial charge in [0.2, 0.25) is 5.91 Å². The highest BCUT2D eigenvalue weighted by Crippen LogP contribution is 2.23. The van der Waals surface area contributed by atoms with Crippen molar-refractivity contribution >= 4 is 35.2 Å². The van der Waals surface area contributed by atoms with Gasteiger partial charge in [0.05, 0.1) is 16.9 Å². The zero-order chi connectivity index (χ0) is 19.5. The van der Waals surface area contributed by atoms with Crippen LogP contribution in [0.5, 0.6) is 0 Å². The molecular weight excluding hydrogens is 352 g/mol. The number of fused-ring (bicyclic) bond motifs is 1. The average molecular weight is 368 g/mol. The van der Waals surface area contributed by atoms with Gasteiger partial charge in [0.1, 0.15) is 5.84 Å². The fourth-order valence-electron chi connectivity index (χ4n) is 2.97. The van der Waals surface area contributed by atoms with E-state index in [1.807, 2.05) is 42.5 Å². The number of rotatable bonds is 4. The lowest BCUT2D eigenvalue weighted by Gasteiger charge is -2.02. The Hall–Kier alpha value is -4.06. The third kappa shape index (κ3) is 3.43. The fourth-order valence-corrected chi connectivity index (χ4v) is 2.97. The van der Waals surface area contributed by atoms with Crippen LogP contribution in [0.15, 0.2) is 82.8 Å². The molecule has 0 bridgehead atoms. The first kappa shape index (κ1) is 17.4. The van der Waals surface area contributed by atoms with Gasteiger partial charge in [-0.05, 0) is 30.3 Å². The summed E-state index contributed by atoms with van der Waals surface area (Å²) in [4.78, 5) is 32.5. The molecule has 0 saturated carbocycles. The number of primary amides is 1. The van der Waals surface area contributed by atoms with Crippen LogP contribution in [-0.4, -0.2) is 23.9 Å². The van der Waals surface area contributed by atoms with Crippen molar-refractivity contribution in [2.24, 2.45) is 15.7 Å². The third-order valence-corrected chi connectivity index (χ3v) is 4.31. The Morgan fingerprint density at radius 3 is 2.43 bits per heavy atom. The molecule has 0 aromatic heterocycles. The van der Waals surface area contributed by atoms with Gasteiger partial charge in [0.15, 0.2) is 0 Å². The largest absolute Gasteiger partial charge is 0.366 e. The highest BCUT2D eigenvalue weighted by Gasteiger charge is 2.24. The molecule has 1 aliphatic heterocycles. The molecule has 136 valence electrons. The highest BCUT2D eigenvalue weighted by molar-refractivity contribution is 6.23. The van der Waals surface area contributed by atoms with Crippen molar-refractivity contribution in [2.45, 2.75) is 0 Å². The lowest BCUT2D eigenvalue weighted by Crippen LogP contribution is -2.21. The third-order valence-electron chi connectivity index (χ3n) is 4.31. The second-order valence-corrected chi connectivity index (χ2v) is 6.19. The number of amidine groups is 1. The molecule has 0 fully saturated rings. The number of nitrogens with one attached hydrogen (secondary N) is 1. The number of amides is 2. The summed E-state index contributed by atoms with van der Waals surface area (Å²) in [7, 11) is 0. The van der Waals surface area contributed by atoms with Gasteiger partial charge in [-0.15, -0.1) is 0 Å². The van der Waals surface area contributed by atoms with Gasteiger partial charge in [-0.1, -0.05) is 42.5 Å². The minimum atomic E-state index is -0.502. The van der Waals surface area contributed by atoms with Gasteiger partial charge in [-0.25, -0.2) is 4.99 Å². The number of carbonyl (C=O) groups is 2. The fraction of sp³-hybridized carbons (Fsp3) is 0. The van der Waals surface area contributed by atoms with Gasteiger partial charge in [0, 0.05) is 22.9 Å². The summed E-state index contributed by atoms with van der Waals surface area (Å²) in [5.74, 6) is -0.148. The molecule has 0 atom stereocenters. The summed E-state index contributed by atoms with van der Waals surface area (Å²) >= 11 is 0. The summed E-state index contributed by atoms with van der Waals surface area (Å²) < 4.78 is 0. The molecule has 0 radical (unpaired) electrons. The highest BCUT2D eigenvalue weighted by atomic mass is 16.2. The van der Waals surface area contributed by atoms with Crippen LogP contribution in [0, 0.1) is 0 Å². The van der Waals surface area contributed by atoms with E-state index in [2.05, 4.69) is 15.3 Å². The van der Waals surface area contributed by atoms with Crippen molar-refractivity contribution in [3.63, 3.8) is 0 Å². The first-order valence-electron chi connectivity index (χ1n) is 8.64. The normalized spacial score (nSPS) is 14.3. The van der Waals surface area contributed by atoms with E-state index in [9.17, 15) is 9.59 Å². The Labute approximate surface area is 161 Å². The monoisotopic (exact) mass is 368 g/mol. The van der Waals surface area contributed by atoms with Crippen LogP contribution in [-0.2, 0) is 0 Å². The summed E-state index contributed by atoms with van der Waals surface area (Å²) in [6.07, 6.45) is 1.60. The van der Waals surface area contributed by atoms with E-state index in [0.717, 1.165) is 5.56 Å². The second kappa shape index (κ2) is 7.28. The molecule has 6 heteroatoms. The number of nitrogens with zero attached hydrogens (tertiary/aromatic N) is 2. The molecule has 6 nitrogen and oxygen atoms in total. The van der Waals surface area contributed by atoms with E-state index < -0.39 is 5.91 Å². The molecule has 3 N–H and O–H groups in total. The van der Waals surface area contributed by atoms with Crippen molar-refractivity contribution in [3.05, 3.63) is 95.1 Å². The summed E-state index contributed by atoms with van der Waals surface area (Å²) in [6.45, 7) is 0. The molecule has 0 saturated heterocycles. The van der Waals surface area contributed by atoms with Crippen molar-refractivity contribution in [1.82, 2.24) is 5.32 Å². The van der Waals surface area contributed by atoms with Crippen LogP contribution in [0.2, 0.25) is 0 Å². The summed E-state index contributed by atoms with van der Waals surface area (Å²) in [5.41, 5.74) is 9.16. The zero-order valence-electron chi connectivity index (χ0n) is 14.8. The van der Waals surface area contributed by atoms with Crippen LogP contribution in [0.1, 0.15) is 31.8 Å². The van der Waals surface area contributed by atoms with E-state index in [-0.39, 0.29) is 5.91 Å². The molecule has 0 unspecified atom stereocenters. The molecule has 4 rings (SSSR count). The van der Waals surface area contributed by atoms with Crippen LogP contribution >= 0.6 is 0 Å². The molecule has 2 amide bonds. The van der Waals surface area contributed by atoms with E-state index >= 15 is 0 Å². The Kier molecular flexibility index (Phi) is 4.51. The zero-order valence-corrected chi connectivity index (χ0v) is 14.8. The van der Waals surface area contributed by atoms with E-state index in [0.29, 0.717) is 33.9 Å². The molecule has 1 aliphatic rings. The minimum Gasteiger partial charge on any atom is -0.366 e. The van der Waals surface area contributed by atoms with Gasteiger partial charge in [-0.3, -0.25) is 14.6 Å². The number of hydrogen-bond donors (Lipinski definition) is 2. The Morgan fingerprint density at radius 1 is 0.893 bits per heavy atom. The van der Waals surface area contributed by atoms with Crippen LogP contribution in [0.4, 0.5) is 11.4 Å². The average Bonchev–Trinajstić information content (AvgIpc) is 3.02. The maximum Gasteiger partial charge on any atom is 0.257 e. The number of aliphatic imine (C=N–C) groups is 2. The van der Waals surface area contributed by atoms with Crippen LogP contribution in [0.25, 0.3) is 0 Å². The number of carbonyl (C=O) groups excluding carboxylic acids is 2. The van der Waals surface area contributed by atoms with Crippen molar-refractivity contribution in [1.29, 1.82) is 0 Å². The predicted octanol–water partition coefficient (Wildman–Crippen LogP) is 3.36. The molecule has 3 aromatic carbocycles. The Bertz CT molecular complexity index is 1150. The van der Waals surface area contributed by atoms with Gasteiger partial charge < -0.3 is 11.1 Å². The molecule has 28 heavy (non-hydrogen) atoms. The minimum absolute atomic E-state index is 0.161. The predicted molar refractivity (Wildman–Crippen MR) is 109 cm³/mol. The quantitative estimate of drug-likeness (QED) is 0.691. The topological polar surface area (TPSA) is 96.9 Å². The number of nitrogens with two attached hydrogens (primary N) is 1. The summed E-state index contributed by atoms with van der Waals surface area (Å²) in [5, 5.41) is 2.79. The molecule has 0 aliphatic carbocycles. The van der Waals surface area contributed by atoms with Gasteiger partial charge in [0.25, 0.3) is 5.91 Å². The molecule has 0 spiro atoms. The smallest absolute Gasteiger partial charge is 0.257 e. The van der Waals surface area contributed by atoms with Gasteiger partial charge in [-0.2, -0.15) is 0 Å². The molecule has 1 heterocycles. The number of benzene rings is 3. The van der Waals surface area contributed by atoms with Gasteiger partial charge >= 0.3 is 0 Å². The maximum atomic E-state index is 12.0. The van der Waals surface area contributed by atoms with Crippen molar-refractivity contribution in [2.75, 3.05) is 0 Å². The standard InChI is InChI=1S/C22H16N4O2/c23-20(27)17-9-2-1-6-14(17)13-24-15-7-5-8-16(12-15)25-21-18-10-3-4-11-19(18)22(28)26-21/h1-13H,(H2,23,27)(H,25,26,28)/b24-13+. The van der Waals surface area contributed by atoms with Crippen LogP contribution in [0.3, 0.4) is 0 Å². The van der Waals surface area contributed by atoms with E-state index in [4.69, 9.17) is 5.73 Å². The lowest BCUT2D eigenvalue weighted by atomic mass is 10.1. The summed E-state index contributed by atoms with van der Waals surface area (Å²) in [6, 6.07) is 21.6. The second-order valence-electron chi connectivity index (χ2n) is 6.19. The number of hydrogen-bond acceptors (Lipinski definition) is 4. The Morgan fingerprint density at radius 2 is 1.61 bits per heavy atom. The van der Waals surface area contributed by atoms with E-state index in [1.165, 1.54) is 0 Å². The maximum absolute atomic E-state index is 12.0. The molecular formula is C22H16N4O2.